The first-order valence-corrected chi connectivity index (χ1v) is 7.98. The van der Waals surface area contributed by atoms with E-state index in [1.54, 1.807) is 17.1 Å². The lowest BCUT2D eigenvalue weighted by Crippen LogP contribution is -2.26. The highest BCUT2D eigenvalue weighted by atomic mass is 32.2. The number of nitrogens with zero attached hydrogens (tertiary/aromatic N) is 4. The van der Waals surface area contributed by atoms with Crippen molar-refractivity contribution in [3.8, 4) is 0 Å². The average molecular weight is 326 g/mol. The molecule has 0 amide bonds. The van der Waals surface area contributed by atoms with Crippen LogP contribution in [-0.4, -0.2) is 39.9 Å². The third-order valence-corrected chi connectivity index (χ3v) is 4.28. The first-order chi connectivity index (χ1) is 9.99. The topological polar surface area (TPSA) is 116 Å². The maximum Gasteiger partial charge on any atom is 0.242 e. The van der Waals surface area contributed by atoms with Crippen molar-refractivity contribution in [3.05, 3.63) is 36.4 Å². The Morgan fingerprint density at radius 3 is 2.81 bits per heavy atom. The predicted molar refractivity (Wildman–Crippen MR) is 80.0 cm³/mol. The van der Waals surface area contributed by atoms with Gasteiger partial charge in [0.25, 0.3) is 0 Å². The van der Waals surface area contributed by atoms with E-state index in [1.165, 1.54) is 18.3 Å². The van der Waals surface area contributed by atoms with Gasteiger partial charge in [0.05, 0.1) is 11.9 Å². The molecule has 10 heteroatoms. The monoisotopic (exact) mass is 326 g/mol. The molecular weight excluding hydrogens is 312 g/mol. The summed E-state index contributed by atoms with van der Waals surface area (Å²) in [5, 5.41) is 7.45. The number of nitrogens with one attached hydrogen (secondary N) is 1. The first-order valence-electron chi connectivity index (χ1n) is 6.09. The molecular formula is C11H14N6O2S2. The molecule has 2 aromatic rings. The Kier molecular flexibility index (Phi) is 4.94. The maximum absolute atomic E-state index is 12.0. The molecule has 2 heterocycles. The Morgan fingerprint density at radius 2 is 2.24 bits per heavy atom. The second kappa shape index (κ2) is 6.70. The zero-order valence-corrected chi connectivity index (χ0v) is 12.6. The summed E-state index contributed by atoms with van der Waals surface area (Å²) < 4.78 is 28.2. The number of pyridine rings is 1. The number of hydrogen-bond acceptors (Lipinski definition) is 6. The molecule has 2 aromatic heterocycles. The molecule has 0 aliphatic carbocycles. The lowest BCUT2D eigenvalue weighted by molar-refractivity contribution is 0.542. The van der Waals surface area contributed by atoms with E-state index in [0.29, 0.717) is 25.2 Å². The Bertz CT molecular complexity index is 697. The van der Waals surface area contributed by atoms with E-state index in [9.17, 15) is 8.42 Å². The van der Waals surface area contributed by atoms with Crippen LogP contribution in [0.4, 0.5) is 0 Å². The number of sulfonamides is 1. The predicted octanol–water partition coefficient (Wildman–Crippen LogP) is -0.324. The highest BCUT2D eigenvalue weighted by molar-refractivity contribution is 7.89. The quantitative estimate of drug-likeness (QED) is 0.529. The van der Waals surface area contributed by atoms with E-state index in [1.807, 2.05) is 0 Å². The second-order valence-corrected chi connectivity index (χ2v) is 6.37. The van der Waals surface area contributed by atoms with Crippen LogP contribution in [0.5, 0.6) is 0 Å². The fourth-order valence-corrected chi connectivity index (χ4v) is 2.71. The van der Waals surface area contributed by atoms with Crippen LogP contribution in [0.1, 0.15) is 12.1 Å². The van der Waals surface area contributed by atoms with Crippen LogP contribution in [0.2, 0.25) is 0 Å². The average Bonchev–Trinajstić information content (AvgIpc) is 2.97. The van der Waals surface area contributed by atoms with E-state index in [4.69, 9.17) is 18.0 Å². The van der Waals surface area contributed by atoms with E-state index < -0.39 is 10.0 Å². The normalized spacial score (nSPS) is 11.4. The fourth-order valence-electron chi connectivity index (χ4n) is 1.57. The summed E-state index contributed by atoms with van der Waals surface area (Å²) in [7, 11) is -3.59. The van der Waals surface area contributed by atoms with Gasteiger partial charge in [0.15, 0.2) is 0 Å². The van der Waals surface area contributed by atoms with Gasteiger partial charge in [-0.25, -0.2) is 13.1 Å². The highest BCUT2D eigenvalue weighted by Gasteiger charge is 2.14. The molecule has 0 aromatic carbocycles. The molecule has 2 rings (SSSR count). The summed E-state index contributed by atoms with van der Waals surface area (Å²) in [5.74, 6) is 0. The zero-order valence-electron chi connectivity index (χ0n) is 11.0. The van der Waals surface area contributed by atoms with E-state index >= 15 is 0 Å². The van der Waals surface area contributed by atoms with Crippen molar-refractivity contribution in [2.75, 3.05) is 6.54 Å². The van der Waals surface area contributed by atoms with Gasteiger partial charge in [-0.3, -0.25) is 9.67 Å². The largest absolute Gasteiger partial charge is 0.388 e. The standard InChI is InChI=1S/C11H14N6O2S2/c12-11(20)10-3-2-9(8-13-10)21(18,19)15-4-1-6-17-7-5-14-16-17/h2-3,5,7-8,15H,1,4,6H2,(H2,12,20). The van der Waals surface area contributed by atoms with Gasteiger partial charge in [-0.2, -0.15) is 0 Å². The van der Waals surface area contributed by atoms with Gasteiger partial charge in [0.2, 0.25) is 10.0 Å². The SMILES string of the molecule is NC(=S)c1ccc(S(=O)(=O)NCCCn2ccnn2)cn1. The van der Waals surface area contributed by atoms with Gasteiger partial charge < -0.3 is 5.73 Å². The van der Waals surface area contributed by atoms with Gasteiger partial charge in [0, 0.05) is 25.5 Å². The van der Waals surface area contributed by atoms with Gasteiger partial charge in [-0.1, -0.05) is 17.4 Å². The Hall–Kier alpha value is -1.91. The van der Waals surface area contributed by atoms with Crippen LogP contribution in [0.15, 0.2) is 35.6 Å². The lowest BCUT2D eigenvalue weighted by Gasteiger charge is -2.07. The second-order valence-electron chi connectivity index (χ2n) is 4.16. The van der Waals surface area contributed by atoms with Crippen LogP contribution in [-0.2, 0) is 16.6 Å². The number of nitrogens with two attached hydrogens (primary N) is 1. The summed E-state index contributed by atoms with van der Waals surface area (Å²) in [6.07, 6.45) is 5.11. The minimum atomic E-state index is -3.59. The molecule has 0 bridgehead atoms. The van der Waals surface area contributed by atoms with Crippen molar-refractivity contribution < 1.29 is 8.42 Å². The number of thiocarbonyl (C=S) groups is 1. The summed E-state index contributed by atoms with van der Waals surface area (Å²) >= 11 is 4.76. The van der Waals surface area contributed by atoms with Crippen molar-refractivity contribution in [1.82, 2.24) is 24.7 Å². The van der Waals surface area contributed by atoms with E-state index in [0.717, 1.165) is 0 Å². The zero-order chi connectivity index (χ0) is 15.3. The molecule has 21 heavy (non-hydrogen) atoms. The summed E-state index contributed by atoms with van der Waals surface area (Å²) in [5.41, 5.74) is 5.79. The van der Waals surface area contributed by atoms with Gasteiger partial charge >= 0.3 is 0 Å². The molecule has 0 saturated carbocycles. The van der Waals surface area contributed by atoms with Crippen molar-refractivity contribution in [3.63, 3.8) is 0 Å². The lowest BCUT2D eigenvalue weighted by atomic mass is 10.3. The maximum atomic E-state index is 12.0. The molecule has 0 atom stereocenters. The smallest absolute Gasteiger partial charge is 0.242 e. The molecule has 0 aliphatic rings. The molecule has 112 valence electrons. The number of aromatic nitrogens is 4. The molecule has 0 radical (unpaired) electrons. The van der Waals surface area contributed by atoms with Crippen molar-refractivity contribution in [2.45, 2.75) is 17.9 Å². The molecule has 3 N–H and O–H groups in total. The third-order valence-electron chi connectivity index (χ3n) is 2.63. The van der Waals surface area contributed by atoms with Crippen LogP contribution >= 0.6 is 12.2 Å². The van der Waals surface area contributed by atoms with Crippen LogP contribution in [0.3, 0.4) is 0 Å². The Labute approximate surface area is 127 Å². The van der Waals surface area contributed by atoms with E-state index in [-0.39, 0.29) is 9.88 Å². The molecule has 0 fully saturated rings. The number of hydrogen-bond donors (Lipinski definition) is 2. The summed E-state index contributed by atoms with van der Waals surface area (Å²) in [6, 6.07) is 2.90. The van der Waals surface area contributed by atoms with Gasteiger partial charge in [0.1, 0.15) is 9.88 Å². The molecule has 0 spiro atoms. The minimum Gasteiger partial charge on any atom is -0.388 e. The Balaban J connectivity index is 1.90. The summed E-state index contributed by atoms with van der Waals surface area (Å²) in [6.45, 7) is 0.875. The van der Waals surface area contributed by atoms with Crippen molar-refractivity contribution in [2.24, 2.45) is 5.73 Å². The number of rotatable bonds is 7. The van der Waals surface area contributed by atoms with Gasteiger partial charge in [-0.15, -0.1) is 5.10 Å². The first kappa shape index (κ1) is 15.5. The van der Waals surface area contributed by atoms with E-state index in [2.05, 4.69) is 20.0 Å². The summed E-state index contributed by atoms with van der Waals surface area (Å²) in [4.78, 5) is 4.10. The highest BCUT2D eigenvalue weighted by Crippen LogP contribution is 2.07. The van der Waals surface area contributed by atoms with Crippen molar-refractivity contribution >= 4 is 27.2 Å². The van der Waals surface area contributed by atoms with Crippen LogP contribution < -0.4 is 10.5 Å². The molecule has 8 nitrogen and oxygen atoms in total. The number of aryl methyl sites for hydroxylation is 1. The minimum absolute atomic E-state index is 0.0725. The molecule has 0 aliphatic heterocycles. The molecule has 0 unspecified atom stereocenters. The van der Waals surface area contributed by atoms with Crippen LogP contribution in [0.25, 0.3) is 0 Å². The van der Waals surface area contributed by atoms with Crippen molar-refractivity contribution in [1.29, 1.82) is 0 Å². The molecule has 0 saturated heterocycles. The third kappa shape index (κ3) is 4.28. The Morgan fingerprint density at radius 1 is 1.43 bits per heavy atom. The van der Waals surface area contributed by atoms with Crippen LogP contribution in [0, 0.1) is 0 Å². The fraction of sp³-hybridized carbons (Fsp3) is 0.273. The van der Waals surface area contributed by atoms with Gasteiger partial charge in [-0.05, 0) is 18.6 Å².